The summed E-state index contributed by atoms with van der Waals surface area (Å²) in [7, 11) is 0. The van der Waals surface area contributed by atoms with Crippen LogP contribution in [0.15, 0.2) is 0 Å². The Morgan fingerprint density at radius 3 is 2.38 bits per heavy atom. The summed E-state index contributed by atoms with van der Waals surface area (Å²) >= 11 is 0. The fraction of sp³-hybridized carbons (Fsp3) is 0.900. The van der Waals surface area contributed by atoms with Crippen molar-refractivity contribution in [3.05, 3.63) is 0 Å². The molecule has 3 nitrogen and oxygen atoms in total. The molecule has 0 amide bonds. The minimum Gasteiger partial charge on any atom is -0.465 e. The Balaban J connectivity index is 3.98. The topological polar surface area (TPSA) is 38.3 Å². The summed E-state index contributed by atoms with van der Waals surface area (Å²) in [5.41, 5.74) is 0. The Morgan fingerprint density at radius 1 is 1.38 bits per heavy atom. The molecule has 13 heavy (non-hydrogen) atoms. The third-order valence-electron chi connectivity index (χ3n) is 1.73. The molecule has 0 bridgehead atoms. The number of carbonyl (C=O) groups excluding carboxylic acids is 1. The maximum absolute atomic E-state index is 11.4. The predicted octanol–water partition coefficient (Wildman–Crippen LogP) is 1.57. The van der Waals surface area contributed by atoms with Crippen LogP contribution in [0.2, 0.25) is 0 Å². The van der Waals surface area contributed by atoms with Gasteiger partial charge >= 0.3 is 5.97 Å². The van der Waals surface area contributed by atoms with E-state index in [-0.39, 0.29) is 12.0 Å². The van der Waals surface area contributed by atoms with E-state index in [2.05, 4.69) is 19.2 Å². The summed E-state index contributed by atoms with van der Waals surface area (Å²) in [5.74, 6) is 0.381. The van der Waals surface area contributed by atoms with E-state index in [1.54, 1.807) is 0 Å². The Morgan fingerprint density at radius 2 is 2.00 bits per heavy atom. The van der Waals surface area contributed by atoms with Gasteiger partial charge in [-0.3, -0.25) is 4.79 Å². The maximum Gasteiger partial charge on any atom is 0.323 e. The average molecular weight is 187 g/mol. The molecule has 0 aromatic rings. The first-order valence-electron chi connectivity index (χ1n) is 5.01. The van der Waals surface area contributed by atoms with Crippen LogP contribution in [0, 0.1) is 5.92 Å². The molecule has 78 valence electrons. The zero-order valence-corrected chi connectivity index (χ0v) is 9.09. The van der Waals surface area contributed by atoms with Crippen molar-refractivity contribution in [2.75, 3.05) is 13.2 Å². The second-order valence-corrected chi connectivity index (χ2v) is 3.49. The third-order valence-corrected chi connectivity index (χ3v) is 1.73. The van der Waals surface area contributed by atoms with Crippen molar-refractivity contribution in [3.63, 3.8) is 0 Å². The molecule has 0 fully saturated rings. The largest absolute Gasteiger partial charge is 0.465 e. The molecule has 0 saturated carbocycles. The lowest BCUT2D eigenvalue weighted by atomic mass is 10.0. The number of likely N-dealkylation sites (N-methyl/N-ethyl adjacent to an activating group) is 1. The van der Waals surface area contributed by atoms with Crippen LogP contribution in [-0.2, 0) is 9.53 Å². The molecule has 0 aliphatic rings. The summed E-state index contributed by atoms with van der Waals surface area (Å²) < 4.78 is 4.96. The van der Waals surface area contributed by atoms with Crippen LogP contribution in [0.5, 0.6) is 0 Å². The second-order valence-electron chi connectivity index (χ2n) is 3.49. The molecule has 1 atom stereocenters. The maximum atomic E-state index is 11.4. The van der Waals surface area contributed by atoms with Crippen LogP contribution >= 0.6 is 0 Å². The Kier molecular flexibility index (Phi) is 6.59. The van der Waals surface area contributed by atoms with E-state index in [0.717, 1.165) is 13.0 Å². The van der Waals surface area contributed by atoms with Crippen LogP contribution in [0.25, 0.3) is 0 Å². The molecule has 1 N–H and O–H groups in total. The first kappa shape index (κ1) is 12.4. The minimum absolute atomic E-state index is 0.127. The summed E-state index contributed by atoms with van der Waals surface area (Å²) in [6.07, 6.45) is 0.840. The number of esters is 1. The van der Waals surface area contributed by atoms with Gasteiger partial charge in [0.15, 0.2) is 0 Å². The lowest BCUT2D eigenvalue weighted by Crippen LogP contribution is -2.38. The lowest BCUT2D eigenvalue weighted by Gasteiger charge is -2.17. The standard InChI is InChI=1S/C10H21NO2/c1-5-11-9(7-8(3)4)10(12)13-6-2/h8-9,11H,5-7H2,1-4H3. The van der Waals surface area contributed by atoms with Gasteiger partial charge in [0.2, 0.25) is 0 Å². The summed E-state index contributed by atoms with van der Waals surface area (Å²) in [4.78, 5) is 11.4. The zero-order valence-electron chi connectivity index (χ0n) is 9.09. The summed E-state index contributed by atoms with van der Waals surface area (Å²) in [5, 5.41) is 3.12. The SMILES string of the molecule is CCNC(CC(C)C)C(=O)OCC. The third kappa shape index (κ3) is 5.64. The van der Waals surface area contributed by atoms with Gasteiger partial charge in [-0.15, -0.1) is 0 Å². The van der Waals surface area contributed by atoms with E-state index in [0.29, 0.717) is 12.5 Å². The van der Waals surface area contributed by atoms with Gasteiger partial charge in [0, 0.05) is 0 Å². The number of ether oxygens (including phenoxy) is 1. The average Bonchev–Trinajstić information content (AvgIpc) is 2.03. The van der Waals surface area contributed by atoms with Gasteiger partial charge in [-0.25, -0.2) is 0 Å². The van der Waals surface area contributed by atoms with E-state index >= 15 is 0 Å². The number of rotatable bonds is 6. The molecule has 0 aliphatic carbocycles. The van der Waals surface area contributed by atoms with E-state index in [1.807, 2.05) is 13.8 Å². The van der Waals surface area contributed by atoms with Crippen LogP contribution in [0.1, 0.15) is 34.1 Å². The molecule has 0 aliphatic heterocycles. The molecule has 0 aromatic heterocycles. The van der Waals surface area contributed by atoms with Gasteiger partial charge in [-0.05, 0) is 25.8 Å². The van der Waals surface area contributed by atoms with Crippen molar-refractivity contribution in [1.29, 1.82) is 0 Å². The van der Waals surface area contributed by atoms with Crippen LogP contribution in [0.4, 0.5) is 0 Å². The van der Waals surface area contributed by atoms with E-state index < -0.39 is 0 Å². The van der Waals surface area contributed by atoms with Gasteiger partial charge in [0.25, 0.3) is 0 Å². The molecule has 3 heteroatoms. The minimum atomic E-state index is -0.134. The van der Waals surface area contributed by atoms with Gasteiger partial charge in [0.05, 0.1) is 6.61 Å². The van der Waals surface area contributed by atoms with Crippen LogP contribution < -0.4 is 5.32 Å². The van der Waals surface area contributed by atoms with Crippen molar-refractivity contribution < 1.29 is 9.53 Å². The van der Waals surface area contributed by atoms with Gasteiger partial charge in [-0.1, -0.05) is 20.8 Å². The number of carbonyl (C=O) groups is 1. The Bertz CT molecular complexity index is 146. The Hall–Kier alpha value is -0.570. The van der Waals surface area contributed by atoms with E-state index in [1.165, 1.54) is 0 Å². The summed E-state index contributed by atoms with van der Waals surface area (Å²) in [6.45, 7) is 9.28. The highest BCUT2D eigenvalue weighted by atomic mass is 16.5. The normalized spacial score (nSPS) is 13.0. The monoisotopic (exact) mass is 187 g/mol. The quantitative estimate of drug-likeness (QED) is 0.641. The van der Waals surface area contributed by atoms with E-state index in [4.69, 9.17) is 4.74 Å². The highest BCUT2D eigenvalue weighted by Gasteiger charge is 2.19. The van der Waals surface area contributed by atoms with Gasteiger partial charge in [0.1, 0.15) is 6.04 Å². The molecule has 0 saturated heterocycles. The fourth-order valence-corrected chi connectivity index (χ4v) is 1.22. The molecule has 0 spiro atoms. The first-order valence-corrected chi connectivity index (χ1v) is 5.01. The molecule has 1 unspecified atom stereocenters. The highest BCUT2D eigenvalue weighted by Crippen LogP contribution is 2.06. The Labute approximate surface area is 80.8 Å². The van der Waals surface area contributed by atoms with Crippen molar-refractivity contribution in [2.24, 2.45) is 5.92 Å². The van der Waals surface area contributed by atoms with Crippen molar-refractivity contribution >= 4 is 5.97 Å². The first-order chi connectivity index (χ1) is 6.11. The van der Waals surface area contributed by atoms with Crippen molar-refractivity contribution in [2.45, 2.75) is 40.2 Å². The molecule has 0 rings (SSSR count). The van der Waals surface area contributed by atoms with Crippen LogP contribution in [-0.4, -0.2) is 25.2 Å². The number of hydrogen-bond acceptors (Lipinski definition) is 3. The molecule has 0 radical (unpaired) electrons. The van der Waals surface area contributed by atoms with Gasteiger partial charge in [-0.2, -0.15) is 0 Å². The molecular formula is C10H21NO2. The fourth-order valence-electron chi connectivity index (χ4n) is 1.22. The smallest absolute Gasteiger partial charge is 0.323 e. The summed E-state index contributed by atoms with van der Waals surface area (Å²) in [6, 6.07) is -0.134. The highest BCUT2D eigenvalue weighted by molar-refractivity contribution is 5.75. The predicted molar refractivity (Wildman–Crippen MR) is 53.6 cm³/mol. The number of hydrogen-bond donors (Lipinski definition) is 1. The zero-order chi connectivity index (χ0) is 10.3. The molecule has 0 heterocycles. The van der Waals surface area contributed by atoms with E-state index in [9.17, 15) is 4.79 Å². The number of nitrogens with one attached hydrogen (secondary N) is 1. The lowest BCUT2D eigenvalue weighted by molar-refractivity contribution is -0.146. The molecule has 0 aromatic carbocycles. The van der Waals surface area contributed by atoms with Crippen molar-refractivity contribution in [1.82, 2.24) is 5.32 Å². The molecular weight excluding hydrogens is 166 g/mol. The van der Waals surface area contributed by atoms with Gasteiger partial charge < -0.3 is 10.1 Å². The van der Waals surface area contributed by atoms with Crippen molar-refractivity contribution in [3.8, 4) is 0 Å². The second kappa shape index (κ2) is 6.89. The van der Waals surface area contributed by atoms with Crippen LogP contribution in [0.3, 0.4) is 0 Å².